The Labute approximate surface area is 122 Å². The largest absolute Gasteiger partial charge is 0.377 e. The van der Waals surface area contributed by atoms with Crippen molar-refractivity contribution < 1.29 is 4.39 Å². The quantitative estimate of drug-likeness (QED) is 0.776. The first kappa shape index (κ1) is 14.2. The van der Waals surface area contributed by atoms with Gasteiger partial charge in [0.1, 0.15) is 5.82 Å². The van der Waals surface area contributed by atoms with Crippen molar-refractivity contribution in [2.45, 2.75) is 19.9 Å². The Kier molecular flexibility index (Phi) is 4.33. The van der Waals surface area contributed by atoms with Crippen molar-refractivity contribution in [1.82, 2.24) is 0 Å². The fourth-order valence-electron chi connectivity index (χ4n) is 1.82. The van der Waals surface area contributed by atoms with Crippen LogP contribution in [0.4, 0.5) is 10.1 Å². The Morgan fingerprint density at radius 1 is 1.05 bits per heavy atom. The van der Waals surface area contributed by atoms with E-state index in [9.17, 15) is 4.39 Å². The predicted octanol–water partition coefficient (Wildman–Crippen LogP) is 5.61. The van der Waals surface area contributed by atoms with Crippen LogP contribution in [0.5, 0.6) is 0 Å². The van der Waals surface area contributed by atoms with Crippen molar-refractivity contribution in [2.75, 3.05) is 5.32 Å². The highest BCUT2D eigenvalue weighted by Crippen LogP contribution is 2.31. The van der Waals surface area contributed by atoms with Crippen LogP contribution in [0.3, 0.4) is 0 Å². The molecule has 0 heterocycles. The van der Waals surface area contributed by atoms with Crippen LogP contribution in [0.2, 0.25) is 10.0 Å². The molecule has 4 heteroatoms. The van der Waals surface area contributed by atoms with Crippen molar-refractivity contribution in [1.29, 1.82) is 0 Å². The molecule has 0 saturated carbocycles. The Bertz CT molecular complexity index is 581. The summed E-state index contributed by atoms with van der Waals surface area (Å²) < 4.78 is 12.9. The molecule has 1 N–H and O–H groups in total. The highest BCUT2D eigenvalue weighted by Gasteiger charge is 2.09. The van der Waals surface area contributed by atoms with Gasteiger partial charge in [0, 0.05) is 11.1 Å². The van der Waals surface area contributed by atoms with Crippen LogP contribution >= 0.6 is 23.2 Å². The molecule has 0 fully saturated rings. The highest BCUT2D eigenvalue weighted by atomic mass is 35.5. The summed E-state index contributed by atoms with van der Waals surface area (Å²) in [6, 6.07) is 10.0. The lowest BCUT2D eigenvalue weighted by Gasteiger charge is -2.17. The highest BCUT2D eigenvalue weighted by molar-refractivity contribution is 6.35. The zero-order valence-corrected chi connectivity index (χ0v) is 12.2. The SMILES string of the molecule is Cc1cc(Cl)c(NC(C)c2ccc(F)cc2)cc1Cl. The third-order valence-corrected chi connectivity index (χ3v) is 3.71. The molecule has 0 bridgehead atoms. The van der Waals surface area contributed by atoms with Crippen LogP contribution in [0.1, 0.15) is 24.1 Å². The van der Waals surface area contributed by atoms with Crippen LogP contribution in [0.15, 0.2) is 36.4 Å². The molecule has 0 amide bonds. The summed E-state index contributed by atoms with van der Waals surface area (Å²) in [5.41, 5.74) is 2.69. The Balaban J connectivity index is 2.21. The van der Waals surface area contributed by atoms with E-state index in [0.29, 0.717) is 10.0 Å². The summed E-state index contributed by atoms with van der Waals surface area (Å²) in [5.74, 6) is -0.243. The molecule has 1 unspecified atom stereocenters. The lowest BCUT2D eigenvalue weighted by Crippen LogP contribution is -2.07. The lowest BCUT2D eigenvalue weighted by atomic mass is 10.1. The van der Waals surface area contributed by atoms with Gasteiger partial charge in [0.25, 0.3) is 0 Å². The average molecular weight is 298 g/mol. The minimum absolute atomic E-state index is 0.0110. The number of aryl methyl sites for hydroxylation is 1. The molecule has 2 rings (SSSR count). The number of hydrogen-bond acceptors (Lipinski definition) is 1. The molecule has 2 aromatic rings. The molecule has 0 radical (unpaired) electrons. The molecule has 2 aromatic carbocycles. The number of halogens is 3. The van der Waals surface area contributed by atoms with Gasteiger partial charge in [0.2, 0.25) is 0 Å². The van der Waals surface area contributed by atoms with E-state index in [-0.39, 0.29) is 11.9 Å². The third kappa shape index (κ3) is 3.40. The standard InChI is InChI=1S/C15H14Cl2FN/c1-9-7-14(17)15(8-13(9)16)19-10(2)11-3-5-12(18)6-4-11/h3-8,10,19H,1-2H3. The monoisotopic (exact) mass is 297 g/mol. The molecule has 0 saturated heterocycles. The van der Waals surface area contributed by atoms with Crippen LogP contribution in [-0.4, -0.2) is 0 Å². The number of nitrogens with one attached hydrogen (secondary N) is 1. The van der Waals surface area contributed by atoms with E-state index in [0.717, 1.165) is 16.8 Å². The lowest BCUT2D eigenvalue weighted by molar-refractivity contribution is 0.626. The molecule has 1 atom stereocenters. The van der Waals surface area contributed by atoms with E-state index in [1.165, 1.54) is 12.1 Å². The Morgan fingerprint density at radius 3 is 2.32 bits per heavy atom. The van der Waals surface area contributed by atoms with Crippen molar-refractivity contribution >= 4 is 28.9 Å². The minimum Gasteiger partial charge on any atom is -0.377 e. The van der Waals surface area contributed by atoms with E-state index in [1.54, 1.807) is 18.2 Å². The molecule has 1 nitrogen and oxygen atoms in total. The van der Waals surface area contributed by atoms with Gasteiger partial charge in [0.05, 0.1) is 10.7 Å². The third-order valence-electron chi connectivity index (χ3n) is 2.99. The van der Waals surface area contributed by atoms with Gasteiger partial charge in [-0.15, -0.1) is 0 Å². The van der Waals surface area contributed by atoms with Crippen LogP contribution in [-0.2, 0) is 0 Å². The summed E-state index contributed by atoms with van der Waals surface area (Å²) in [6.45, 7) is 3.89. The molecule has 0 aromatic heterocycles. The van der Waals surface area contributed by atoms with Gasteiger partial charge in [-0.1, -0.05) is 35.3 Å². The van der Waals surface area contributed by atoms with E-state index >= 15 is 0 Å². The molecular formula is C15H14Cl2FN. The van der Waals surface area contributed by atoms with Gasteiger partial charge in [-0.2, -0.15) is 0 Å². The minimum atomic E-state index is -0.243. The first-order valence-corrected chi connectivity index (χ1v) is 6.70. The molecule has 0 aliphatic rings. The maximum Gasteiger partial charge on any atom is 0.123 e. The van der Waals surface area contributed by atoms with E-state index in [4.69, 9.17) is 23.2 Å². The maximum atomic E-state index is 12.9. The molecule has 0 aliphatic carbocycles. The Morgan fingerprint density at radius 2 is 1.68 bits per heavy atom. The smallest absolute Gasteiger partial charge is 0.123 e. The molecule has 100 valence electrons. The maximum absolute atomic E-state index is 12.9. The van der Waals surface area contributed by atoms with E-state index < -0.39 is 0 Å². The van der Waals surface area contributed by atoms with Gasteiger partial charge in [-0.05, 0) is 49.2 Å². The van der Waals surface area contributed by atoms with Crippen molar-refractivity contribution in [2.24, 2.45) is 0 Å². The van der Waals surface area contributed by atoms with Gasteiger partial charge in [-0.3, -0.25) is 0 Å². The zero-order valence-electron chi connectivity index (χ0n) is 10.7. The molecule has 0 spiro atoms. The second-order valence-electron chi connectivity index (χ2n) is 4.50. The second-order valence-corrected chi connectivity index (χ2v) is 5.31. The first-order valence-electron chi connectivity index (χ1n) is 5.95. The normalized spacial score (nSPS) is 12.3. The fraction of sp³-hybridized carbons (Fsp3) is 0.200. The zero-order chi connectivity index (χ0) is 14.0. The van der Waals surface area contributed by atoms with Crippen molar-refractivity contribution in [3.63, 3.8) is 0 Å². The summed E-state index contributed by atoms with van der Waals surface area (Å²) in [4.78, 5) is 0. The van der Waals surface area contributed by atoms with Crippen molar-refractivity contribution in [3.8, 4) is 0 Å². The van der Waals surface area contributed by atoms with Crippen molar-refractivity contribution in [3.05, 3.63) is 63.4 Å². The number of rotatable bonds is 3. The summed E-state index contributed by atoms with van der Waals surface area (Å²) in [5, 5.41) is 4.56. The number of hydrogen-bond donors (Lipinski definition) is 1. The Hall–Kier alpha value is -1.25. The van der Waals surface area contributed by atoms with Gasteiger partial charge < -0.3 is 5.32 Å². The number of anilines is 1. The topological polar surface area (TPSA) is 12.0 Å². The summed E-state index contributed by atoms with van der Waals surface area (Å²) in [6.07, 6.45) is 0. The van der Waals surface area contributed by atoms with Crippen LogP contribution in [0.25, 0.3) is 0 Å². The van der Waals surface area contributed by atoms with Gasteiger partial charge in [0.15, 0.2) is 0 Å². The van der Waals surface area contributed by atoms with E-state index in [2.05, 4.69) is 5.32 Å². The first-order chi connectivity index (χ1) is 8.97. The van der Waals surface area contributed by atoms with Gasteiger partial charge >= 0.3 is 0 Å². The average Bonchev–Trinajstić information content (AvgIpc) is 2.36. The number of benzene rings is 2. The van der Waals surface area contributed by atoms with Crippen LogP contribution in [0, 0.1) is 12.7 Å². The molecule has 19 heavy (non-hydrogen) atoms. The van der Waals surface area contributed by atoms with E-state index in [1.807, 2.05) is 19.9 Å². The molecule has 0 aliphatic heterocycles. The predicted molar refractivity (Wildman–Crippen MR) is 79.6 cm³/mol. The van der Waals surface area contributed by atoms with Gasteiger partial charge in [-0.25, -0.2) is 4.39 Å². The molecular weight excluding hydrogens is 284 g/mol. The summed E-state index contributed by atoms with van der Waals surface area (Å²) >= 11 is 12.3. The van der Waals surface area contributed by atoms with Crippen LogP contribution < -0.4 is 5.32 Å². The fourth-order valence-corrected chi connectivity index (χ4v) is 2.26. The summed E-state index contributed by atoms with van der Waals surface area (Å²) in [7, 11) is 0. The second kappa shape index (κ2) is 5.81.